The molecule has 6 nitrogen and oxygen atoms in total. The van der Waals surface area contributed by atoms with Crippen LogP contribution in [0, 0.1) is 0 Å². The van der Waals surface area contributed by atoms with Crippen LogP contribution >= 0.6 is 11.6 Å². The van der Waals surface area contributed by atoms with Gasteiger partial charge < -0.3 is 14.5 Å². The molecule has 2 aliphatic heterocycles. The predicted molar refractivity (Wildman–Crippen MR) is 135 cm³/mol. The summed E-state index contributed by atoms with van der Waals surface area (Å²) in [6.07, 6.45) is -0.113. The quantitative estimate of drug-likeness (QED) is 0.423. The van der Waals surface area contributed by atoms with Gasteiger partial charge in [-0.3, -0.25) is 14.7 Å². The smallest absolute Gasteiger partial charge is 0.406 e. The second kappa shape index (κ2) is 10.6. The molecule has 1 saturated heterocycles. The Kier molecular flexibility index (Phi) is 7.26. The van der Waals surface area contributed by atoms with Gasteiger partial charge in [0.2, 0.25) is 0 Å². The first-order valence-corrected chi connectivity index (χ1v) is 12.5. The van der Waals surface area contributed by atoms with Gasteiger partial charge >= 0.3 is 6.36 Å². The molecule has 3 heterocycles. The Morgan fingerprint density at radius 2 is 1.65 bits per heavy atom. The van der Waals surface area contributed by atoms with Crippen LogP contribution in [0.5, 0.6) is 5.75 Å². The lowest BCUT2D eigenvalue weighted by Crippen LogP contribution is -2.47. The van der Waals surface area contributed by atoms with Gasteiger partial charge in [-0.1, -0.05) is 23.7 Å². The van der Waals surface area contributed by atoms with Crippen molar-refractivity contribution in [1.82, 2.24) is 14.8 Å². The molecule has 5 rings (SSSR count). The van der Waals surface area contributed by atoms with Crippen molar-refractivity contribution in [2.75, 3.05) is 37.6 Å². The highest BCUT2D eigenvalue weighted by Gasteiger charge is 2.32. The van der Waals surface area contributed by atoms with Gasteiger partial charge in [0, 0.05) is 63.9 Å². The van der Waals surface area contributed by atoms with Gasteiger partial charge in [0.15, 0.2) is 0 Å². The van der Waals surface area contributed by atoms with Crippen LogP contribution in [0.4, 0.5) is 18.9 Å². The number of pyridine rings is 1. The molecule has 0 saturated carbocycles. The zero-order valence-corrected chi connectivity index (χ0v) is 20.8. The van der Waals surface area contributed by atoms with E-state index < -0.39 is 6.36 Å². The number of nitrogens with zero attached hydrogens (tertiary/aromatic N) is 4. The first-order chi connectivity index (χ1) is 17.7. The second-order valence-corrected chi connectivity index (χ2v) is 9.66. The number of amides is 1. The zero-order chi connectivity index (χ0) is 26.0. The number of aromatic nitrogens is 1. The molecule has 3 aromatic rings. The van der Waals surface area contributed by atoms with Crippen LogP contribution in [0.1, 0.15) is 27.0 Å². The Labute approximate surface area is 218 Å². The van der Waals surface area contributed by atoms with Crippen molar-refractivity contribution in [1.29, 1.82) is 0 Å². The first-order valence-electron chi connectivity index (χ1n) is 12.1. The molecular formula is C27H26ClF3N4O2. The lowest BCUT2D eigenvalue weighted by atomic mass is 10.1. The maximum atomic E-state index is 13.0. The van der Waals surface area contributed by atoms with Gasteiger partial charge in [0.05, 0.1) is 10.6 Å². The number of carbonyl (C=O) groups is 1. The summed E-state index contributed by atoms with van der Waals surface area (Å²) in [7, 11) is 0. The van der Waals surface area contributed by atoms with Crippen molar-refractivity contribution < 1.29 is 22.7 Å². The van der Waals surface area contributed by atoms with Crippen LogP contribution in [0.2, 0.25) is 5.02 Å². The van der Waals surface area contributed by atoms with Gasteiger partial charge in [0.1, 0.15) is 5.75 Å². The standard InChI is InChI=1S/C27H26ClF3N4O2/c28-24-16-22(34-13-11-33(12-14-34)10-7-19-5-8-32-9-6-19)15-21-18-35(26(36)25(21)24)17-20-1-3-23(4-2-20)37-27(29,30)31/h1-6,8-9,15-16H,7,10-14,17-18H2. The highest BCUT2D eigenvalue weighted by molar-refractivity contribution is 6.34. The molecule has 0 aliphatic carbocycles. The summed E-state index contributed by atoms with van der Waals surface area (Å²) in [5.41, 5.74) is 4.35. The van der Waals surface area contributed by atoms with Gasteiger partial charge in [-0.25, -0.2) is 0 Å². The van der Waals surface area contributed by atoms with Gasteiger partial charge in [-0.05, 0) is 59.5 Å². The molecule has 1 amide bonds. The number of rotatable bonds is 7. The molecule has 0 atom stereocenters. The Balaban J connectivity index is 1.19. The van der Waals surface area contributed by atoms with E-state index in [-0.39, 0.29) is 18.2 Å². The number of hydrogen-bond donors (Lipinski definition) is 0. The number of alkyl halides is 3. The van der Waals surface area contributed by atoms with Crippen LogP contribution in [-0.2, 0) is 19.5 Å². The molecule has 10 heteroatoms. The fraction of sp³-hybridized carbons (Fsp3) is 0.333. The molecule has 37 heavy (non-hydrogen) atoms. The third-order valence-electron chi connectivity index (χ3n) is 6.75. The van der Waals surface area contributed by atoms with E-state index in [4.69, 9.17) is 11.6 Å². The number of benzene rings is 2. The van der Waals surface area contributed by atoms with Crippen molar-refractivity contribution in [2.24, 2.45) is 0 Å². The molecule has 2 aliphatic rings. The summed E-state index contributed by atoms with van der Waals surface area (Å²) in [6.45, 7) is 5.29. The average molecular weight is 531 g/mol. The molecule has 1 aromatic heterocycles. The maximum Gasteiger partial charge on any atom is 0.573 e. The predicted octanol–water partition coefficient (Wildman–Crippen LogP) is 5.15. The topological polar surface area (TPSA) is 48.9 Å². The number of halogens is 4. The van der Waals surface area contributed by atoms with Crippen LogP contribution in [0.15, 0.2) is 60.9 Å². The van der Waals surface area contributed by atoms with Crippen molar-refractivity contribution in [3.63, 3.8) is 0 Å². The second-order valence-electron chi connectivity index (χ2n) is 9.25. The number of hydrogen-bond acceptors (Lipinski definition) is 5. The third kappa shape index (κ3) is 6.17. The molecule has 2 aromatic carbocycles. The molecule has 0 unspecified atom stereocenters. The van der Waals surface area contributed by atoms with E-state index in [1.54, 1.807) is 4.90 Å². The lowest BCUT2D eigenvalue weighted by Gasteiger charge is -2.36. The first kappa shape index (κ1) is 25.4. The number of carbonyl (C=O) groups excluding carboxylic acids is 1. The van der Waals surface area contributed by atoms with Gasteiger partial charge in [0.25, 0.3) is 5.91 Å². The molecule has 0 bridgehead atoms. The third-order valence-corrected chi connectivity index (χ3v) is 7.05. The number of fused-ring (bicyclic) bond motifs is 1. The van der Waals surface area contributed by atoms with E-state index in [2.05, 4.69) is 19.5 Å². The minimum absolute atomic E-state index is 0.178. The van der Waals surface area contributed by atoms with E-state index in [0.717, 1.165) is 50.4 Å². The van der Waals surface area contributed by atoms with Crippen molar-refractivity contribution in [2.45, 2.75) is 25.9 Å². The Morgan fingerprint density at radius 1 is 0.946 bits per heavy atom. The molecule has 0 radical (unpaired) electrons. The van der Waals surface area contributed by atoms with Crippen LogP contribution in [0.25, 0.3) is 0 Å². The number of piperazine rings is 1. The van der Waals surface area contributed by atoms with Crippen LogP contribution in [0.3, 0.4) is 0 Å². The fourth-order valence-electron chi connectivity index (χ4n) is 4.84. The van der Waals surface area contributed by atoms with Crippen LogP contribution in [-0.4, -0.2) is 59.8 Å². The Hall–Kier alpha value is -3.30. The summed E-state index contributed by atoms with van der Waals surface area (Å²) in [5, 5.41) is 0.425. The molecule has 194 valence electrons. The van der Waals surface area contributed by atoms with E-state index >= 15 is 0 Å². The van der Waals surface area contributed by atoms with Gasteiger partial charge in [-0.15, -0.1) is 13.2 Å². The normalized spacial score (nSPS) is 16.3. The molecular weight excluding hydrogens is 505 g/mol. The SMILES string of the molecule is O=C1c2c(Cl)cc(N3CCN(CCc4ccncc4)CC3)cc2CN1Cc1ccc(OC(F)(F)F)cc1. The highest BCUT2D eigenvalue weighted by atomic mass is 35.5. The average Bonchev–Trinajstić information content (AvgIpc) is 3.19. The van der Waals surface area contributed by atoms with Crippen LogP contribution < -0.4 is 9.64 Å². The summed E-state index contributed by atoms with van der Waals surface area (Å²) in [4.78, 5) is 23.5. The largest absolute Gasteiger partial charge is 0.573 e. The van der Waals surface area contributed by atoms with Gasteiger partial charge in [-0.2, -0.15) is 0 Å². The van der Waals surface area contributed by atoms with E-state index in [1.165, 1.54) is 29.8 Å². The van der Waals surface area contributed by atoms with E-state index in [0.29, 0.717) is 22.7 Å². The summed E-state index contributed by atoms with van der Waals surface area (Å²) < 4.78 is 41.1. The summed E-state index contributed by atoms with van der Waals surface area (Å²) in [6, 6.07) is 13.5. The molecule has 1 fully saturated rings. The zero-order valence-electron chi connectivity index (χ0n) is 20.0. The monoisotopic (exact) mass is 530 g/mol. The number of anilines is 1. The maximum absolute atomic E-state index is 13.0. The molecule has 0 spiro atoms. The van der Waals surface area contributed by atoms with Crippen molar-refractivity contribution >= 4 is 23.2 Å². The van der Waals surface area contributed by atoms with Crippen molar-refractivity contribution in [3.8, 4) is 5.75 Å². The summed E-state index contributed by atoms with van der Waals surface area (Å²) >= 11 is 6.57. The fourth-order valence-corrected chi connectivity index (χ4v) is 5.16. The highest BCUT2D eigenvalue weighted by Crippen LogP contribution is 2.35. The molecule has 0 N–H and O–H groups in total. The van der Waals surface area contributed by atoms with Crippen molar-refractivity contribution in [3.05, 3.63) is 88.2 Å². The van der Waals surface area contributed by atoms with E-state index in [9.17, 15) is 18.0 Å². The summed E-state index contributed by atoms with van der Waals surface area (Å²) in [5.74, 6) is -0.472. The number of ether oxygens (including phenoxy) is 1. The Morgan fingerprint density at radius 3 is 2.32 bits per heavy atom. The minimum Gasteiger partial charge on any atom is -0.406 e. The van der Waals surface area contributed by atoms with E-state index in [1.807, 2.05) is 36.7 Å². The Bertz CT molecular complexity index is 1250. The minimum atomic E-state index is -4.74. The lowest BCUT2D eigenvalue weighted by molar-refractivity contribution is -0.274.